The number of piperidine rings is 1. The predicted molar refractivity (Wildman–Crippen MR) is 123 cm³/mol. The number of likely N-dealkylation sites (tertiary alicyclic amines) is 1. The van der Waals surface area contributed by atoms with Gasteiger partial charge in [0, 0.05) is 37.4 Å². The number of fused-ring (bicyclic) bond motifs is 1. The molecule has 3 aromatic rings. The average molecular weight is 442 g/mol. The van der Waals surface area contributed by atoms with Crippen molar-refractivity contribution in [2.45, 2.75) is 45.3 Å². The minimum atomic E-state index is -0.830. The Morgan fingerprint density at radius 1 is 1.35 bits per heavy atom. The number of amides is 1. The molecular formula is C24H31N3O3S. The van der Waals surface area contributed by atoms with E-state index in [1.807, 2.05) is 23.6 Å². The second-order valence-corrected chi connectivity index (χ2v) is 9.57. The summed E-state index contributed by atoms with van der Waals surface area (Å²) in [4.78, 5) is 21.1. The first kappa shape index (κ1) is 22.0. The highest BCUT2D eigenvalue weighted by Crippen LogP contribution is 2.35. The van der Waals surface area contributed by atoms with E-state index < -0.39 is 5.60 Å². The molecule has 4 rings (SSSR count). The minimum Gasteiger partial charge on any atom is -0.451 e. The van der Waals surface area contributed by atoms with Gasteiger partial charge in [-0.3, -0.25) is 4.79 Å². The molecule has 6 nitrogen and oxygen atoms in total. The Balaban J connectivity index is 1.47. The van der Waals surface area contributed by atoms with Crippen molar-refractivity contribution in [1.29, 1.82) is 0 Å². The third kappa shape index (κ3) is 4.84. The van der Waals surface area contributed by atoms with Gasteiger partial charge in [-0.2, -0.15) is 0 Å². The lowest BCUT2D eigenvalue weighted by molar-refractivity contribution is -0.0283. The maximum absolute atomic E-state index is 12.8. The first-order chi connectivity index (χ1) is 14.9. The highest BCUT2D eigenvalue weighted by molar-refractivity contribution is 7.07. The molecule has 0 saturated carbocycles. The monoisotopic (exact) mass is 441 g/mol. The summed E-state index contributed by atoms with van der Waals surface area (Å²) in [6, 6.07) is 7.55. The standard InChI is InChI=1S/C24H31N3O3S/c1-4-17(2)13-27-9-7-24(29,8-10-27)19-5-6-21-18(11-19)12-22(30-21)23(28)26(3)14-20-15-31-16-25-20/h5-6,11-12,15-17,29H,4,7-10,13-14H2,1-3H3. The molecule has 1 N–H and O–H groups in total. The highest BCUT2D eigenvalue weighted by atomic mass is 32.1. The van der Waals surface area contributed by atoms with Crippen LogP contribution in [0.25, 0.3) is 11.0 Å². The molecule has 7 heteroatoms. The lowest BCUT2D eigenvalue weighted by atomic mass is 9.84. The van der Waals surface area contributed by atoms with Crippen LogP contribution in [0.4, 0.5) is 0 Å². The second kappa shape index (κ2) is 9.10. The van der Waals surface area contributed by atoms with E-state index >= 15 is 0 Å². The fourth-order valence-electron chi connectivity index (χ4n) is 4.22. The molecule has 1 aromatic carbocycles. The number of carbonyl (C=O) groups excluding carboxylic acids is 1. The fraction of sp³-hybridized carbons (Fsp3) is 0.500. The first-order valence-corrected chi connectivity index (χ1v) is 11.9. The summed E-state index contributed by atoms with van der Waals surface area (Å²) in [5.74, 6) is 0.807. The first-order valence-electron chi connectivity index (χ1n) is 11.0. The van der Waals surface area contributed by atoms with Gasteiger partial charge in [0.1, 0.15) is 5.58 Å². The maximum Gasteiger partial charge on any atom is 0.289 e. The van der Waals surface area contributed by atoms with Crippen molar-refractivity contribution >= 4 is 28.2 Å². The van der Waals surface area contributed by atoms with Gasteiger partial charge in [0.25, 0.3) is 5.91 Å². The molecule has 2 aromatic heterocycles. The van der Waals surface area contributed by atoms with Crippen molar-refractivity contribution in [3.63, 3.8) is 0 Å². The number of hydrogen-bond donors (Lipinski definition) is 1. The minimum absolute atomic E-state index is 0.178. The Labute approximate surface area is 187 Å². The van der Waals surface area contributed by atoms with Gasteiger partial charge in [-0.05, 0) is 42.5 Å². The van der Waals surface area contributed by atoms with Crippen LogP contribution in [0.3, 0.4) is 0 Å². The zero-order chi connectivity index (χ0) is 22.0. The Kier molecular flexibility index (Phi) is 6.46. The fourth-order valence-corrected chi connectivity index (χ4v) is 4.77. The molecular weight excluding hydrogens is 410 g/mol. The van der Waals surface area contributed by atoms with E-state index in [4.69, 9.17) is 4.42 Å². The van der Waals surface area contributed by atoms with Crippen LogP contribution < -0.4 is 0 Å². The molecule has 1 saturated heterocycles. The van der Waals surface area contributed by atoms with Crippen molar-refractivity contribution in [3.05, 3.63) is 52.2 Å². The summed E-state index contributed by atoms with van der Waals surface area (Å²) < 4.78 is 5.82. The SMILES string of the molecule is CCC(C)CN1CCC(O)(c2ccc3oc(C(=O)N(C)Cc4cscn4)cc3c2)CC1. The zero-order valence-electron chi connectivity index (χ0n) is 18.5. The van der Waals surface area contributed by atoms with Crippen molar-refractivity contribution < 1.29 is 14.3 Å². The van der Waals surface area contributed by atoms with Gasteiger partial charge in [-0.15, -0.1) is 11.3 Å². The third-order valence-electron chi connectivity index (χ3n) is 6.44. The van der Waals surface area contributed by atoms with E-state index in [1.54, 1.807) is 23.5 Å². The molecule has 1 fully saturated rings. The lowest BCUT2D eigenvalue weighted by Gasteiger charge is -2.39. The molecule has 31 heavy (non-hydrogen) atoms. The number of rotatable bonds is 7. The quantitative estimate of drug-likeness (QED) is 0.585. The number of thiazole rings is 1. The summed E-state index contributed by atoms with van der Waals surface area (Å²) in [5.41, 5.74) is 3.35. The smallest absolute Gasteiger partial charge is 0.289 e. The van der Waals surface area contributed by atoms with Gasteiger partial charge < -0.3 is 19.3 Å². The molecule has 0 radical (unpaired) electrons. The van der Waals surface area contributed by atoms with Crippen LogP contribution in [0.15, 0.2) is 39.6 Å². The molecule has 3 heterocycles. The summed E-state index contributed by atoms with van der Waals surface area (Å²) in [6.45, 7) is 7.83. The van der Waals surface area contributed by atoms with E-state index in [9.17, 15) is 9.90 Å². The van der Waals surface area contributed by atoms with E-state index in [2.05, 4.69) is 23.7 Å². The van der Waals surface area contributed by atoms with Crippen LogP contribution in [0.2, 0.25) is 0 Å². The molecule has 1 atom stereocenters. The number of benzene rings is 1. The normalized spacial score (nSPS) is 17.7. The van der Waals surface area contributed by atoms with E-state index in [1.165, 1.54) is 17.8 Å². The summed E-state index contributed by atoms with van der Waals surface area (Å²) in [6.07, 6.45) is 2.61. The average Bonchev–Trinajstić information content (AvgIpc) is 3.43. The third-order valence-corrected chi connectivity index (χ3v) is 7.08. The Hall–Kier alpha value is -2.22. The van der Waals surface area contributed by atoms with Crippen molar-refractivity contribution in [2.75, 3.05) is 26.7 Å². The molecule has 0 aliphatic carbocycles. The zero-order valence-corrected chi connectivity index (χ0v) is 19.3. The number of carbonyl (C=O) groups is 1. The van der Waals surface area contributed by atoms with Crippen LogP contribution in [0.1, 0.15) is 54.9 Å². The topological polar surface area (TPSA) is 69.8 Å². The lowest BCUT2D eigenvalue weighted by Crippen LogP contribution is -2.43. The maximum atomic E-state index is 12.8. The van der Waals surface area contributed by atoms with E-state index in [0.29, 0.717) is 23.8 Å². The Morgan fingerprint density at radius 2 is 2.13 bits per heavy atom. The van der Waals surface area contributed by atoms with Gasteiger partial charge in [0.05, 0.1) is 23.4 Å². The van der Waals surface area contributed by atoms with Crippen LogP contribution in [0, 0.1) is 5.92 Å². The Morgan fingerprint density at radius 3 is 2.81 bits per heavy atom. The number of furan rings is 1. The predicted octanol–water partition coefficient (Wildman–Crippen LogP) is 4.49. The van der Waals surface area contributed by atoms with Gasteiger partial charge in [0.15, 0.2) is 5.76 Å². The van der Waals surface area contributed by atoms with Crippen LogP contribution >= 0.6 is 11.3 Å². The van der Waals surface area contributed by atoms with Crippen molar-refractivity contribution in [1.82, 2.24) is 14.8 Å². The van der Waals surface area contributed by atoms with Gasteiger partial charge in [-0.25, -0.2) is 4.98 Å². The van der Waals surface area contributed by atoms with Crippen LogP contribution in [-0.2, 0) is 12.1 Å². The summed E-state index contributed by atoms with van der Waals surface area (Å²) in [5, 5.41) is 14.1. The molecule has 0 spiro atoms. The van der Waals surface area contributed by atoms with Gasteiger partial charge in [-0.1, -0.05) is 26.3 Å². The molecule has 1 aliphatic heterocycles. The van der Waals surface area contributed by atoms with E-state index in [-0.39, 0.29) is 5.91 Å². The van der Waals surface area contributed by atoms with Gasteiger partial charge >= 0.3 is 0 Å². The number of hydrogen-bond acceptors (Lipinski definition) is 6. The molecule has 1 aliphatic rings. The Bertz CT molecular complexity index is 1020. The number of aromatic nitrogens is 1. The largest absolute Gasteiger partial charge is 0.451 e. The van der Waals surface area contributed by atoms with E-state index in [0.717, 1.165) is 49.1 Å². The molecule has 1 unspecified atom stereocenters. The summed E-state index contributed by atoms with van der Waals surface area (Å²) >= 11 is 1.51. The molecule has 0 bridgehead atoms. The van der Waals surface area contributed by atoms with Crippen LogP contribution in [-0.4, -0.2) is 52.5 Å². The number of aliphatic hydroxyl groups is 1. The van der Waals surface area contributed by atoms with Gasteiger partial charge in [0.2, 0.25) is 0 Å². The molecule has 1 amide bonds. The van der Waals surface area contributed by atoms with Crippen molar-refractivity contribution in [3.8, 4) is 0 Å². The highest BCUT2D eigenvalue weighted by Gasteiger charge is 2.34. The second-order valence-electron chi connectivity index (χ2n) is 8.85. The van der Waals surface area contributed by atoms with Crippen molar-refractivity contribution in [2.24, 2.45) is 5.92 Å². The van der Waals surface area contributed by atoms with Crippen LogP contribution in [0.5, 0.6) is 0 Å². The summed E-state index contributed by atoms with van der Waals surface area (Å²) in [7, 11) is 1.75. The molecule has 166 valence electrons. The number of nitrogens with zero attached hydrogens (tertiary/aromatic N) is 3.